The van der Waals surface area contributed by atoms with Crippen molar-refractivity contribution in [2.45, 2.75) is 6.92 Å². The van der Waals surface area contributed by atoms with E-state index in [-0.39, 0.29) is 5.91 Å². The van der Waals surface area contributed by atoms with Gasteiger partial charge in [-0.15, -0.1) is 0 Å². The zero-order chi connectivity index (χ0) is 5.86. The molecule has 1 radical (unpaired) electrons. The molecular formula is C5H10NO. The number of amides is 1. The van der Waals surface area contributed by atoms with E-state index in [1.54, 1.807) is 11.9 Å². The highest BCUT2D eigenvalue weighted by Gasteiger charge is 1.93. The Kier molecular flexibility index (Phi) is 2.41. The third-order valence-corrected chi connectivity index (χ3v) is 0.900. The number of nitrogens with zero attached hydrogens (tertiary/aromatic N) is 1. The van der Waals surface area contributed by atoms with E-state index < -0.39 is 0 Å². The van der Waals surface area contributed by atoms with Crippen molar-refractivity contribution >= 4 is 5.91 Å². The summed E-state index contributed by atoms with van der Waals surface area (Å²) in [7, 11) is 1.72. The molecular weight excluding hydrogens is 90.1 g/mol. The van der Waals surface area contributed by atoms with Crippen LogP contribution in [0.1, 0.15) is 6.92 Å². The molecule has 0 rings (SSSR count). The molecule has 0 N–H and O–H groups in total. The third kappa shape index (κ3) is 2.20. The summed E-state index contributed by atoms with van der Waals surface area (Å²) in [6.45, 7) is 5.84. The molecule has 0 heterocycles. The van der Waals surface area contributed by atoms with Crippen LogP contribution in [0.4, 0.5) is 0 Å². The van der Waals surface area contributed by atoms with Crippen molar-refractivity contribution < 1.29 is 4.79 Å². The number of hydrogen-bond donors (Lipinski definition) is 0. The fourth-order valence-corrected chi connectivity index (χ4v) is 0.176. The zero-order valence-electron chi connectivity index (χ0n) is 4.77. The SMILES string of the molecule is [CH2]C(=O)N(C)CC. The van der Waals surface area contributed by atoms with Crippen LogP contribution in [0.2, 0.25) is 0 Å². The summed E-state index contributed by atoms with van der Waals surface area (Å²) in [5, 5.41) is 0. The molecule has 0 unspecified atom stereocenters. The molecule has 0 aromatic heterocycles. The topological polar surface area (TPSA) is 20.3 Å². The fraction of sp³-hybridized carbons (Fsp3) is 0.600. The molecule has 0 atom stereocenters. The molecule has 0 fully saturated rings. The Morgan fingerprint density at radius 1 is 1.86 bits per heavy atom. The first-order valence-electron chi connectivity index (χ1n) is 2.25. The van der Waals surface area contributed by atoms with Crippen LogP contribution in [0.15, 0.2) is 0 Å². The Balaban J connectivity index is 3.34. The maximum absolute atomic E-state index is 10.2. The van der Waals surface area contributed by atoms with E-state index in [2.05, 4.69) is 6.92 Å². The fourth-order valence-electron chi connectivity index (χ4n) is 0.176. The number of rotatable bonds is 1. The highest BCUT2D eigenvalue weighted by Crippen LogP contribution is 1.77. The van der Waals surface area contributed by atoms with E-state index in [4.69, 9.17) is 0 Å². The second-order valence-electron chi connectivity index (χ2n) is 1.41. The molecule has 0 aliphatic heterocycles. The first kappa shape index (κ1) is 6.47. The van der Waals surface area contributed by atoms with Gasteiger partial charge in [-0.3, -0.25) is 4.79 Å². The van der Waals surface area contributed by atoms with Crippen LogP contribution >= 0.6 is 0 Å². The van der Waals surface area contributed by atoms with E-state index >= 15 is 0 Å². The second kappa shape index (κ2) is 2.61. The van der Waals surface area contributed by atoms with Gasteiger partial charge in [0.05, 0.1) is 0 Å². The van der Waals surface area contributed by atoms with E-state index in [9.17, 15) is 4.79 Å². The van der Waals surface area contributed by atoms with Crippen molar-refractivity contribution in [3.05, 3.63) is 6.92 Å². The predicted molar refractivity (Wildman–Crippen MR) is 28.7 cm³/mol. The van der Waals surface area contributed by atoms with Gasteiger partial charge in [0.1, 0.15) is 0 Å². The Morgan fingerprint density at radius 2 is 2.29 bits per heavy atom. The van der Waals surface area contributed by atoms with Crippen molar-refractivity contribution in [1.29, 1.82) is 0 Å². The predicted octanol–water partition coefficient (Wildman–Crippen LogP) is 0.299. The van der Waals surface area contributed by atoms with Crippen LogP contribution in [0.3, 0.4) is 0 Å². The number of hydrogen-bond acceptors (Lipinski definition) is 1. The Bertz CT molecular complexity index is 70.5. The smallest absolute Gasteiger partial charge is 0.222 e. The summed E-state index contributed by atoms with van der Waals surface area (Å²) >= 11 is 0. The van der Waals surface area contributed by atoms with Crippen molar-refractivity contribution in [1.82, 2.24) is 4.90 Å². The molecule has 7 heavy (non-hydrogen) atoms. The normalized spacial score (nSPS) is 8.43. The van der Waals surface area contributed by atoms with Gasteiger partial charge in [0.2, 0.25) is 5.91 Å². The third-order valence-electron chi connectivity index (χ3n) is 0.900. The molecule has 0 aliphatic carbocycles. The molecule has 2 heteroatoms. The highest BCUT2D eigenvalue weighted by atomic mass is 16.2. The van der Waals surface area contributed by atoms with Crippen molar-refractivity contribution in [3.63, 3.8) is 0 Å². The summed E-state index contributed by atoms with van der Waals surface area (Å²) in [5.41, 5.74) is 0. The zero-order valence-corrected chi connectivity index (χ0v) is 4.77. The van der Waals surface area contributed by atoms with E-state index in [1.165, 1.54) is 0 Å². The Morgan fingerprint density at radius 3 is 2.29 bits per heavy atom. The molecule has 0 saturated carbocycles. The summed E-state index contributed by atoms with van der Waals surface area (Å²) < 4.78 is 0. The Labute approximate surface area is 44.1 Å². The lowest BCUT2D eigenvalue weighted by molar-refractivity contribution is -0.124. The molecule has 2 nitrogen and oxygen atoms in total. The summed E-state index contributed by atoms with van der Waals surface area (Å²) in [4.78, 5) is 11.7. The lowest BCUT2D eigenvalue weighted by atomic mass is 10.6. The maximum Gasteiger partial charge on any atom is 0.222 e. The van der Waals surface area contributed by atoms with Gasteiger partial charge in [-0.2, -0.15) is 0 Å². The van der Waals surface area contributed by atoms with Crippen molar-refractivity contribution in [2.24, 2.45) is 0 Å². The molecule has 0 spiro atoms. The van der Waals surface area contributed by atoms with Crippen LogP contribution in [-0.2, 0) is 4.79 Å². The van der Waals surface area contributed by atoms with Gasteiger partial charge < -0.3 is 4.90 Å². The van der Waals surface area contributed by atoms with Crippen molar-refractivity contribution in [3.8, 4) is 0 Å². The molecule has 0 aromatic rings. The quantitative estimate of drug-likeness (QED) is 0.464. The molecule has 0 aromatic carbocycles. The molecule has 0 saturated heterocycles. The molecule has 41 valence electrons. The van der Waals surface area contributed by atoms with E-state index in [0.717, 1.165) is 6.54 Å². The molecule has 0 aliphatic rings. The van der Waals surface area contributed by atoms with Gasteiger partial charge in [0, 0.05) is 20.5 Å². The van der Waals surface area contributed by atoms with Gasteiger partial charge in [-0.05, 0) is 6.92 Å². The summed E-state index contributed by atoms with van der Waals surface area (Å²) in [5.74, 6) is -0.123. The van der Waals surface area contributed by atoms with Crippen LogP contribution < -0.4 is 0 Å². The lowest BCUT2D eigenvalue weighted by Crippen LogP contribution is -2.22. The number of carbonyl (C=O) groups excluding carboxylic acids is 1. The second-order valence-corrected chi connectivity index (χ2v) is 1.41. The van der Waals surface area contributed by atoms with Gasteiger partial charge in [-0.1, -0.05) is 0 Å². The summed E-state index contributed by atoms with van der Waals surface area (Å²) in [6, 6.07) is 0. The molecule has 0 bridgehead atoms. The standard InChI is InChI=1S/C5H10NO/c1-4-6(3)5(2)7/h2,4H2,1,3H3. The van der Waals surface area contributed by atoms with Crippen molar-refractivity contribution in [2.75, 3.05) is 13.6 Å². The largest absolute Gasteiger partial charge is 0.346 e. The van der Waals surface area contributed by atoms with Crippen LogP contribution in [0.5, 0.6) is 0 Å². The van der Waals surface area contributed by atoms with Crippen LogP contribution in [-0.4, -0.2) is 24.4 Å². The first-order valence-corrected chi connectivity index (χ1v) is 2.25. The van der Waals surface area contributed by atoms with Gasteiger partial charge >= 0.3 is 0 Å². The van der Waals surface area contributed by atoms with Crippen LogP contribution in [0, 0.1) is 6.92 Å². The number of carbonyl (C=O) groups is 1. The Hall–Kier alpha value is -0.530. The van der Waals surface area contributed by atoms with Gasteiger partial charge in [0.15, 0.2) is 0 Å². The highest BCUT2D eigenvalue weighted by molar-refractivity contribution is 5.79. The first-order chi connectivity index (χ1) is 3.18. The van der Waals surface area contributed by atoms with Gasteiger partial charge in [-0.25, -0.2) is 0 Å². The van der Waals surface area contributed by atoms with E-state index in [0.29, 0.717) is 0 Å². The minimum Gasteiger partial charge on any atom is -0.346 e. The summed E-state index contributed by atoms with van der Waals surface area (Å²) in [6.07, 6.45) is 0. The maximum atomic E-state index is 10.2. The lowest BCUT2D eigenvalue weighted by Gasteiger charge is -2.08. The average Bonchev–Trinajstić information content (AvgIpc) is 1.65. The molecule has 1 amide bonds. The minimum atomic E-state index is -0.123. The van der Waals surface area contributed by atoms with Crippen LogP contribution in [0.25, 0.3) is 0 Å². The van der Waals surface area contributed by atoms with E-state index in [1.807, 2.05) is 6.92 Å². The monoisotopic (exact) mass is 100 g/mol. The minimum absolute atomic E-state index is 0.123. The average molecular weight is 100 g/mol. The van der Waals surface area contributed by atoms with Gasteiger partial charge in [0.25, 0.3) is 0 Å².